The van der Waals surface area contributed by atoms with Crippen molar-refractivity contribution in [2.45, 2.75) is 0 Å². The maximum Gasteiger partial charge on any atom is 0.321 e. The van der Waals surface area contributed by atoms with Gasteiger partial charge >= 0.3 is 6.03 Å². The molecule has 4 rings (SSSR count). The number of carbonyl (C=O) groups excluding carboxylic acids is 2. The van der Waals surface area contributed by atoms with Gasteiger partial charge in [0.2, 0.25) is 5.88 Å². The van der Waals surface area contributed by atoms with E-state index in [1.54, 1.807) is 56.7 Å². The van der Waals surface area contributed by atoms with Crippen molar-refractivity contribution in [1.29, 1.82) is 5.41 Å². The van der Waals surface area contributed by atoms with Gasteiger partial charge in [0.25, 0.3) is 5.91 Å². The summed E-state index contributed by atoms with van der Waals surface area (Å²) in [4.78, 5) is 34.4. The number of halogens is 1. The van der Waals surface area contributed by atoms with Crippen LogP contribution in [-0.2, 0) is 4.79 Å². The van der Waals surface area contributed by atoms with E-state index in [1.807, 2.05) is 0 Å². The van der Waals surface area contributed by atoms with Crippen LogP contribution in [-0.4, -0.2) is 46.6 Å². The highest BCUT2D eigenvalue weighted by atomic mass is 19.1. The third kappa shape index (κ3) is 6.26. The number of benzene rings is 2. The number of nitrogen functional groups attached to an aromatic ring is 1. The number of hydrogen-bond acceptors (Lipinski definition) is 7. The van der Waals surface area contributed by atoms with E-state index in [9.17, 15) is 14.0 Å². The van der Waals surface area contributed by atoms with Gasteiger partial charge in [-0.2, -0.15) is 0 Å². The molecule has 0 aliphatic carbocycles. The first-order valence-electron chi connectivity index (χ1n) is 11.3. The van der Waals surface area contributed by atoms with Crippen LogP contribution in [0.4, 0.5) is 26.2 Å². The van der Waals surface area contributed by atoms with Gasteiger partial charge in [0, 0.05) is 49.2 Å². The van der Waals surface area contributed by atoms with Gasteiger partial charge in [-0.05, 0) is 42.0 Å². The highest BCUT2D eigenvalue weighted by Crippen LogP contribution is 2.26. The fraction of sp³-hybridized carbons (Fsp3) is 0.0741. The van der Waals surface area contributed by atoms with E-state index in [4.69, 9.17) is 15.9 Å². The van der Waals surface area contributed by atoms with Crippen molar-refractivity contribution >= 4 is 34.7 Å². The summed E-state index contributed by atoms with van der Waals surface area (Å²) in [6, 6.07) is 15.1. The maximum atomic E-state index is 13.3. The fourth-order valence-electron chi connectivity index (χ4n) is 3.34. The van der Waals surface area contributed by atoms with Gasteiger partial charge in [0.1, 0.15) is 17.3 Å². The number of ether oxygens (including phenoxy) is 1. The molecule has 0 aliphatic rings. The molecule has 2 heterocycles. The number of anilines is 3. The molecule has 0 bridgehead atoms. The lowest BCUT2D eigenvalue weighted by atomic mass is 10.00. The molecule has 3 amide bonds. The standard InChI is InChI=1S/C27H24FN7O3/c1-35(2)27(37)34-20-10-17(13-31-14-20)16-6-8-23(29)22(11-16)25(30)26(36)33-19-7-9-24(32-15-19)38-21-5-3-4-18(28)12-21/h3-15,30H,29H2,1-2H3,(H,33,36)(H,34,37). The first-order valence-corrected chi connectivity index (χ1v) is 11.3. The summed E-state index contributed by atoms with van der Waals surface area (Å²) in [5, 5.41) is 13.8. The predicted octanol–water partition coefficient (Wildman–Crippen LogP) is 4.76. The van der Waals surface area contributed by atoms with Crippen molar-refractivity contribution in [3.8, 4) is 22.8 Å². The van der Waals surface area contributed by atoms with Crippen LogP contribution in [0.2, 0.25) is 0 Å². The number of aromatic nitrogens is 2. The predicted molar refractivity (Wildman–Crippen MR) is 143 cm³/mol. The molecular weight excluding hydrogens is 489 g/mol. The van der Waals surface area contributed by atoms with E-state index in [-0.39, 0.29) is 34.6 Å². The Hall–Kier alpha value is -5.32. The number of carbonyl (C=O) groups is 2. The average Bonchev–Trinajstić information content (AvgIpc) is 2.90. The molecule has 2 aromatic carbocycles. The number of pyridine rings is 2. The number of amides is 3. The largest absolute Gasteiger partial charge is 0.439 e. The lowest BCUT2D eigenvalue weighted by Gasteiger charge is -2.13. The third-order valence-corrected chi connectivity index (χ3v) is 5.29. The Kier molecular flexibility index (Phi) is 7.57. The molecule has 0 saturated heterocycles. The number of nitrogens with zero attached hydrogens (tertiary/aromatic N) is 3. The number of nitrogens with one attached hydrogen (secondary N) is 3. The first kappa shape index (κ1) is 25.8. The Morgan fingerprint density at radius 1 is 0.947 bits per heavy atom. The van der Waals surface area contributed by atoms with E-state index >= 15 is 0 Å². The minimum Gasteiger partial charge on any atom is -0.439 e. The zero-order valence-electron chi connectivity index (χ0n) is 20.5. The van der Waals surface area contributed by atoms with Gasteiger partial charge in [0.05, 0.1) is 23.8 Å². The molecule has 0 aliphatic heterocycles. The first-order chi connectivity index (χ1) is 18.2. The molecule has 192 valence electrons. The average molecular weight is 514 g/mol. The van der Waals surface area contributed by atoms with Gasteiger partial charge < -0.3 is 26.0 Å². The summed E-state index contributed by atoms with van der Waals surface area (Å²) in [7, 11) is 3.25. The molecule has 0 saturated carbocycles. The van der Waals surface area contributed by atoms with Crippen molar-refractivity contribution in [3.63, 3.8) is 0 Å². The van der Waals surface area contributed by atoms with Gasteiger partial charge in [-0.25, -0.2) is 14.2 Å². The summed E-state index contributed by atoms with van der Waals surface area (Å²) in [6.45, 7) is 0. The maximum absolute atomic E-state index is 13.3. The SMILES string of the molecule is CN(C)C(=O)Nc1cncc(-c2ccc(N)c(C(=N)C(=O)Nc3ccc(Oc4cccc(F)c4)nc3)c2)c1. The number of hydrogen-bond donors (Lipinski definition) is 4. The number of urea groups is 1. The molecule has 4 aromatic rings. The molecule has 0 radical (unpaired) electrons. The summed E-state index contributed by atoms with van der Waals surface area (Å²) >= 11 is 0. The lowest BCUT2D eigenvalue weighted by Crippen LogP contribution is -2.27. The fourth-order valence-corrected chi connectivity index (χ4v) is 3.34. The van der Waals surface area contributed by atoms with Crippen LogP contribution in [0, 0.1) is 11.2 Å². The van der Waals surface area contributed by atoms with Crippen LogP contribution in [0.1, 0.15) is 5.56 Å². The molecule has 0 atom stereocenters. The molecule has 0 spiro atoms. The Bertz CT molecular complexity index is 1510. The molecular formula is C27H24FN7O3. The second-order valence-electron chi connectivity index (χ2n) is 8.36. The van der Waals surface area contributed by atoms with Crippen molar-refractivity contribution in [2.75, 3.05) is 30.5 Å². The van der Waals surface area contributed by atoms with Gasteiger partial charge in [-0.1, -0.05) is 12.1 Å². The number of rotatable bonds is 7. The monoisotopic (exact) mass is 513 g/mol. The Morgan fingerprint density at radius 3 is 2.47 bits per heavy atom. The van der Waals surface area contributed by atoms with Crippen molar-refractivity contribution < 1.29 is 18.7 Å². The van der Waals surface area contributed by atoms with E-state index in [0.29, 0.717) is 22.5 Å². The summed E-state index contributed by atoms with van der Waals surface area (Å²) in [6.07, 6.45) is 4.48. The van der Waals surface area contributed by atoms with E-state index < -0.39 is 11.7 Å². The Balaban J connectivity index is 1.47. The van der Waals surface area contributed by atoms with E-state index in [1.165, 1.54) is 41.6 Å². The second-order valence-corrected chi connectivity index (χ2v) is 8.36. The van der Waals surface area contributed by atoms with Gasteiger partial charge in [-0.3, -0.25) is 15.2 Å². The second kappa shape index (κ2) is 11.2. The molecule has 38 heavy (non-hydrogen) atoms. The summed E-state index contributed by atoms with van der Waals surface area (Å²) in [5.41, 5.74) is 8.33. The topological polar surface area (TPSA) is 146 Å². The third-order valence-electron chi connectivity index (χ3n) is 5.29. The highest BCUT2D eigenvalue weighted by molar-refractivity contribution is 6.48. The van der Waals surface area contributed by atoms with E-state index in [0.717, 1.165) is 0 Å². The van der Waals surface area contributed by atoms with Gasteiger partial charge in [0.15, 0.2) is 0 Å². The quantitative estimate of drug-likeness (QED) is 0.207. The van der Waals surface area contributed by atoms with Crippen LogP contribution >= 0.6 is 0 Å². The summed E-state index contributed by atoms with van der Waals surface area (Å²) in [5.74, 6) is -0.640. The zero-order chi connectivity index (χ0) is 27.2. The van der Waals surface area contributed by atoms with Crippen molar-refractivity contribution in [2.24, 2.45) is 0 Å². The van der Waals surface area contributed by atoms with Crippen molar-refractivity contribution in [3.05, 3.63) is 90.6 Å². The molecule has 5 N–H and O–H groups in total. The summed E-state index contributed by atoms with van der Waals surface area (Å²) < 4.78 is 18.8. The Labute approximate surface area is 217 Å². The van der Waals surface area contributed by atoms with Gasteiger partial charge in [-0.15, -0.1) is 0 Å². The zero-order valence-corrected chi connectivity index (χ0v) is 20.5. The normalized spacial score (nSPS) is 10.4. The highest BCUT2D eigenvalue weighted by Gasteiger charge is 2.17. The molecule has 2 aromatic heterocycles. The Morgan fingerprint density at radius 2 is 1.76 bits per heavy atom. The lowest BCUT2D eigenvalue weighted by molar-refractivity contribution is -0.110. The van der Waals surface area contributed by atoms with Crippen molar-refractivity contribution in [1.82, 2.24) is 14.9 Å². The van der Waals surface area contributed by atoms with Crippen LogP contribution in [0.15, 0.2) is 79.3 Å². The van der Waals surface area contributed by atoms with E-state index in [2.05, 4.69) is 20.6 Å². The minimum atomic E-state index is -0.695. The van der Waals surface area contributed by atoms with Crippen LogP contribution < -0.4 is 21.1 Å². The van der Waals surface area contributed by atoms with Crippen LogP contribution in [0.5, 0.6) is 11.6 Å². The molecule has 0 unspecified atom stereocenters. The smallest absolute Gasteiger partial charge is 0.321 e. The molecule has 11 heteroatoms. The molecule has 0 fully saturated rings. The molecule has 10 nitrogen and oxygen atoms in total. The van der Waals surface area contributed by atoms with Crippen LogP contribution in [0.3, 0.4) is 0 Å². The minimum absolute atomic E-state index is 0.207. The van der Waals surface area contributed by atoms with Crippen LogP contribution in [0.25, 0.3) is 11.1 Å². The number of nitrogens with two attached hydrogens (primary N) is 1.